The number of hydrogen-bond donors (Lipinski definition) is 4. The lowest BCUT2D eigenvalue weighted by Gasteiger charge is -2.18. The summed E-state index contributed by atoms with van der Waals surface area (Å²) in [4.78, 5) is 11.2. The number of H-pyrrole nitrogens is 1. The average Bonchev–Trinajstić information content (AvgIpc) is 2.90. The maximum atomic E-state index is 10.1. The van der Waals surface area contributed by atoms with Crippen LogP contribution in [0.25, 0.3) is 11.2 Å². The maximum absolute atomic E-state index is 10.1. The summed E-state index contributed by atoms with van der Waals surface area (Å²) < 4.78 is 7.45. The van der Waals surface area contributed by atoms with Crippen LogP contribution in [0.3, 0.4) is 0 Å². The minimum atomic E-state index is -1.17. The molecule has 2 aromatic rings. The normalized spacial score (nSPS) is 30.2. The van der Waals surface area contributed by atoms with Crippen LogP contribution < -0.4 is 0 Å². The summed E-state index contributed by atoms with van der Waals surface area (Å²) in [7, 11) is 0. The Hall–Kier alpha value is -1.39. The third-order valence-electron chi connectivity index (χ3n) is 3.44. The predicted octanol–water partition coefficient (Wildman–Crippen LogP) is -0.591. The standard InChI is InChI=1S/C11H14N4O4S/c1-4-14-6-9(12-3-13-10(6)20)15(4)11-8(18)7(17)5(2-16)19-11/h3,5,7-8,11,16-18H,2H2,1H3,(H,12,13,20)/t5-,7-,8-,11-/m1/s1. The highest BCUT2D eigenvalue weighted by Crippen LogP contribution is 2.32. The lowest BCUT2D eigenvalue weighted by atomic mass is 10.1. The van der Waals surface area contributed by atoms with Crippen LogP contribution in [0, 0.1) is 11.6 Å². The molecule has 1 saturated heterocycles. The van der Waals surface area contributed by atoms with E-state index in [1.807, 2.05) is 0 Å². The molecular formula is C11H14N4O4S. The van der Waals surface area contributed by atoms with Gasteiger partial charge in [0.05, 0.1) is 12.9 Å². The predicted molar refractivity (Wildman–Crippen MR) is 70.5 cm³/mol. The molecule has 0 saturated carbocycles. The molecule has 4 N–H and O–H groups in total. The Kier molecular flexibility index (Phi) is 3.30. The number of nitrogens with one attached hydrogen (secondary N) is 1. The van der Waals surface area contributed by atoms with Crippen molar-refractivity contribution in [2.75, 3.05) is 6.61 Å². The zero-order valence-electron chi connectivity index (χ0n) is 10.6. The smallest absolute Gasteiger partial charge is 0.166 e. The number of aliphatic hydroxyl groups excluding tert-OH is 3. The fraction of sp³-hybridized carbons (Fsp3) is 0.545. The van der Waals surface area contributed by atoms with Gasteiger partial charge in [0.1, 0.15) is 35.3 Å². The van der Waals surface area contributed by atoms with Crippen molar-refractivity contribution < 1.29 is 20.1 Å². The summed E-state index contributed by atoms with van der Waals surface area (Å²) in [6, 6.07) is 0. The second-order valence-electron chi connectivity index (χ2n) is 4.66. The minimum absolute atomic E-state index is 0.340. The number of nitrogens with zero attached hydrogens (tertiary/aromatic N) is 3. The Morgan fingerprint density at radius 1 is 1.45 bits per heavy atom. The van der Waals surface area contributed by atoms with Crippen molar-refractivity contribution in [3.05, 3.63) is 16.8 Å². The van der Waals surface area contributed by atoms with Crippen LogP contribution in [0.2, 0.25) is 0 Å². The Morgan fingerprint density at radius 3 is 2.85 bits per heavy atom. The van der Waals surface area contributed by atoms with Gasteiger partial charge in [-0.25, -0.2) is 9.97 Å². The van der Waals surface area contributed by atoms with E-state index >= 15 is 0 Å². The molecule has 3 heterocycles. The minimum Gasteiger partial charge on any atom is -0.394 e. The molecule has 1 fully saturated rings. The molecule has 4 atom stereocenters. The molecule has 1 aliphatic heterocycles. The number of aromatic amines is 1. The van der Waals surface area contributed by atoms with Crippen molar-refractivity contribution in [1.29, 1.82) is 0 Å². The number of ether oxygens (including phenoxy) is 1. The van der Waals surface area contributed by atoms with E-state index in [2.05, 4.69) is 15.0 Å². The van der Waals surface area contributed by atoms with Crippen molar-refractivity contribution in [2.24, 2.45) is 0 Å². The summed E-state index contributed by atoms with van der Waals surface area (Å²) in [6.07, 6.45) is -2.58. The third-order valence-corrected chi connectivity index (χ3v) is 3.74. The Bertz CT molecular complexity index is 699. The van der Waals surface area contributed by atoms with Crippen LogP contribution >= 0.6 is 12.2 Å². The van der Waals surface area contributed by atoms with Crippen LogP contribution in [0.5, 0.6) is 0 Å². The van der Waals surface area contributed by atoms with Crippen LogP contribution in [0.15, 0.2) is 6.33 Å². The first-order valence-corrected chi connectivity index (χ1v) is 6.50. The molecule has 0 aromatic carbocycles. The van der Waals surface area contributed by atoms with Crippen molar-refractivity contribution in [3.63, 3.8) is 0 Å². The van der Waals surface area contributed by atoms with Gasteiger partial charge < -0.3 is 25.0 Å². The van der Waals surface area contributed by atoms with E-state index in [1.165, 1.54) is 6.33 Å². The van der Waals surface area contributed by atoms with E-state index in [4.69, 9.17) is 22.1 Å². The van der Waals surface area contributed by atoms with Gasteiger partial charge in [-0.05, 0) is 6.92 Å². The molecule has 0 bridgehead atoms. The molecule has 3 rings (SSSR count). The molecule has 0 aliphatic carbocycles. The first-order valence-electron chi connectivity index (χ1n) is 6.09. The lowest BCUT2D eigenvalue weighted by molar-refractivity contribution is -0.0519. The number of aryl methyl sites for hydroxylation is 1. The van der Waals surface area contributed by atoms with Gasteiger partial charge in [0.2, 0.25) is 0 Å². The lowest BCUT2D eigenvalue weighted by Crippen LogP contribution is -2.33. The van der Waals surface area contributed by atoms with Gasteiger partial charge in [0.15, 0.2) is 10.9 Å². The van der Waals surface area contributed by atoms with Gasteiger partial charge in [0.25, 0.3) is 0 Å². The molecule has 2 aromatic heterocycles. The van der Waals surface area contributed by atoms with Gasteiger partial charge in [0, 0.05) is 0 Å². The van der Waals surface area contributed by atoms with E-state index in [0.717, 1.165) is 0 Å². The molecule has 1 aliphatic rings. The second-order valence-corrected chi connectivity index (χ2v) is 5.05. The first-order chi connectivity index (χ1) is 9.54. The SMILES string of the molecule is Cc1nc2c(=S)nc[nH]c2n1[C@@H]1O[C@H](CO)[C@@H](O)[C@H]1O. The van der Waals surface area contributed by atoms with Crippen LogP contribution in [0.4, 0.5) is 0 Å². The van der Waals surface area contributed by atoms with E-state index in [-0.39, 0.29) is 6.61 Å². The topological polar surface area (TPSA) is 116 Å². The zero-order chi connectivity index (χ0) is 14.4. The molecule has 8 nitrogen and oxygen atoms in total. The number of hydrogen-bond acceptors (Lipinski definition) is 7. The van der Waals surface area contributed by atoms with Crippen LogP contribution in [-0.2, 0) is 4.74 Å². The van der Waals surface area contributed by atoms with Crippen molar-refractivity contribution >= 4 is 23.4 Å². The van der Waals surface area contributed by atoms with E-state index in [1.54, 1.807) is 11.5 Å². The Labute approximate surface area is 118 Å². The monoisotopic (exact) mass is 298 g/mol. The van der Waals surface area contributed by atoms with Gasteiger partial charge in [-0.2, -0.15) is 0 Å². The summed E-state index contributed by atoms with van der Waals surface area (Å²) in [5.41, 5.74) is 1.05. The molecule has 0 unspecified atom stereocenters. The molecule has 20 heavy (non-hydrogen) atoms. The number of imidazole rings is 1. The summed E-state index contributed by atoms with van der Waals surface area (Å²) >= 11 is 5.10. The van der Waals surface area contributed by atoms with E-state index < -0.39 is 24.5 Å². The fourth-order valence-corrected chi connectivity index (χ4v) is 2.64. The van der Waals surface area contributed by atoms with E-state index in [0.29, 0.717) is 21.6 Å². The zero-order valence-corrected chi connectivity index (χ0v) is 11.4. The quantitative estimate of drug-likeness (QED) is 0.547. The number of rotatable bonds is 2. The molecule has 108 valence electrons. The molecule has 0 spiro atoms. The number of fused-ring (bicyclic) bond motifs is 1. The van der Waals surface area contributed by atoms with Gasteiger partial charge in [-0.1, -0.05) is 12.2 Å². The number of aromatic nitrogens is 4. The number of aliphatic hydroxyl groups is 3. The van der Waals surface area contributed by atoms with Crippen molar-refractivity contribution in [2.45, 2.75) is 31.5 Å². The second kappa shape index (κ2) is 4.86. The molecule has 9 heteroatoms. The maximum Gasteiger partial charge on any atom is 0.166 e. The van der Waals surface area contributed by atoms with Gasteiger partial charge >= 0.3 is 0 Å². The largest absolute Gasteiger partial charge is 0.394 e. The highest BCUT2D eigenvalue weighted by molar-refractivity contribution is 7.71. The van der Waals surface area contributed by atoms with E-state index in [9.17, 15) is 10.2 Å². The highest BCUT2D eigenvalue weighted by Gasteiger charge is 2.44. The highest BCUT2D eigenvalue weighted by atomic mass is 32.1. The fourth-order valence-electron chi connectivity index (χ4n) is 2.45. The molecular weight excluding hydrogens is 284 g/mol. The Balaban J connectivity index is 2.14. The molecule has 0 radical (unpaired) electrons. The van der Waals surface area contributed by atoms with Crippen molar-refractivity contribution in [3.8, 4) is 0 Å². The third kappa shape index (κ3) is 1.86. The Morgan fingerprint density at radius 2 is 2.20 bits per heavy atom. The van der Waals surface area contributed by atoms with Crippen LogP contribution in [0.1, 0.15) is 12.1 Å². The first kappa shape index (κ1) is 13.6. The summed E-state index contributed by atoms with van der Waals surface area (Å²) in [6.45, 7) is 1.36. The summed E-state index contributed by atoms with van der Waals surface area (Å²) in [5.74, 6) is 0.560. The van der Waals surface area contributed by atoms with Gasteiger partial charge in [-0.15, -0.1) is 0 Å². The molecule has 0 amide bonds. The van der Waals surface area contributed by atoms with Crippen molar-refractivity contribution in [1.82, 2.24) is 19.5 Å². The summed E-state index contributed by atoms with van der Waals surface area (Å²) in [5, 5.41) is 29.1. The average molecular weight is 298 g/mol. The van der Waals surface area contributed by atoms with Crippen LogP contribution in [-0.4, -0.2) is 59.8 Å². The van der Waals surface area contributed by atoms with Gasteiger partial charge in [-0.3, -0.25) is 4.57 Å².